The summed E-state index contributed by atoms with van der Waals surface area (Å²) in [5.74, 6) is -0.108. The minimum Gasteiger partial charge on any atom is -0.387 e. The molecule has 1 rings (SSSR count). The predicted molar refractivity (Wildman–Crippen MR) is 65.8 cm³/mol. The van der Waals surface area contributed by atoms with E-state index < -0.39 is 5.60 Å². The van der Waals surface area contributed by atoms with Gasteiger partial charge in [-0.15, -0.1) is 0 Å². The van der Waals surface area contributed by atoms with Crippen LogP contribution in [0.3, 0.4) is 0 Å². The van der Waals surface area contributed by atoms with E-state index in [1.165, 1.54) is 0 Å². The second kappa shape index (κ2) is 6.33. The van der Waals surface area contributed by atoms with Crippen molar-refractivity contribution >= 4 is 5.91 Å². The molecule has 0 radical (unpaired) electrons. The number of aliphatic hydroxyl groups is 1. The fraction of sp³-hybridized carbons (Fsp3) is 0.917. The van der Waals surface area contributed by atoms with Gasteiger partial charge in [0.2, 0.25) is 5.91 Å². The maximum absolute atomic E-state index is 11.8. The van der Waals surface area contributed by atoms with Crippen LogP contribution in [0.25, 0.3) is 0 Å². The van der Waals surface area contributed by atoms with Crippen molar-refractivity contribution in [2.45, 2.75) is 37.9 Å². The fourth-order valence-corrected chi connectivity index (χ4v) is 2.08. The Kier molecular flexibility index (Phi) is 5.36. The van der Waals surface area contributed by atoms with Gasteiger partial charge >= 0.3 is 0 Å². The largest absolute Gasteiger partial charge is 0.387 e. The molecule has 0 saturated carbocycles. The molecule has 0 aromatic heterocycles. The molecule has 2 unspecified atom stereocenters. The first-order valence-electron chi connectivity index (χ1n) is 6.17. The zero-order valence-corrected chi connectivity index (χ0v) is 11.0. The van der Waals surface area contributed by atoms with E-state index in [9.17, 15) is 9.90 Å². The van der Waals surface area contributed by atoms with Crippen molar-refractivity contribution < 1.29 is 14.6 Å². The highest BCUT2D eigenvalue weighted by molar-refractivity contribution is 5.80. The third-order valence-electron chi connectivity index (χ3n) is 2.77. The van der Waals surface area contributed by atoms with Crippen LogP contribution >= 0.6 is 0 Å². The van der Waals surface area contributed by atoms with Crippen LogP contribution in [0.4, 0.5) is 0 Å². The summed E-state index contributed by atoms with van der Waals surface area (Å²) in [4.78, 5) is 13.7. The molecular formula is C12H24N2O3. The van der Waals surface area contributed by atoms with Crippen LogP contribution in [0.1, 0.15) is 26.2 Å². The molecule has 0 aromatic carbocycles. The number of hydrogen-bond acceptors (Lipinski definition) is 4. The summed E-state index contributed by atoms with van der Waals surface area (Å²) < 4.78 is 5.38. The van der Waals surface area contributed by atoms with E-state index >= 15 is 0 Å². The minimum atomic E-state index is -0.909. The first-order chi connectivity index (χ1) is 7.91. The molecule has 0 aromatic rings. The van der Waals surface area contributed by atoms with Gasteiger partial charge in [0.05, 0.1) is 5.60 Å². The van der Waals surface area contributed by atoms with Gasteiger partial charge in [-0.3, -0.25) is 4.79 Å². The summed E-state index contributed by atoms with van der Waals surface area (Å²) in [5.41, 5.74) is -0.909. The monoisotopic (exact) mass is 244 g/mol. The average molecular weight is 244 g/mol. The Morgan fingerprint density at radius 1 is 1.53 bits per heavy atom. The minimum absolute atomic E-state index is 0.108. The maximum atomic E-state index is 11.8. The molecule has 2 atom stereocenters. The lowest BCUT2D eigenvalue weighted by Gasteiger charge is -2.28. The normalized spacial score (nSPS) is 24.4. The molecule has 1 aliphatic heterocycles. The van der Waals surface area contributed by atoms with E-state index in [0.29, 0.717) is 13.2 Å². The maximum Gasteiger partial charge on any atom is 0.249 e. The van der Waals surface area contributed by atoms with Gasteiger partial charge in [0.25, 0.3) is 0 Å². The highest BCUT2D eigenvalue weighted by Crippen LogP contribution is 2.13. The van der Waals surface area contributed by atoms with Crippen LogP contribution in [0.15, 0.2) is 0 Å². The SMILES string of the molecule is CN(C)CC(C)(O)CNC(=O)C1CCCCO1. The van der Waals surface area contributed by atoms with Crippen molar-refractivity contribution in [1.29, 1.82) is 0 Å². The molecule has 1 aliphatic rings. The third kappa shape index (κ3) is 5.48. The lowest BCUT2D eigenvalue weighted by molar-refractivity contribution is -0.136. The van der Waals surface area contributed by atoms with E-state index in [1.54, 1.807) is 6.92 Å². The van der Waals surface area contributed by atoms with Gasteiger partial charge in [-0.2, -0.15) is 0 Å². The topological polar surface area (TPSA) is 61.8 Å². The lowest BCUT2D eigenvalue weighted by atomic mass is 10.1. The molecule has 1 fully saturated rings. The quantitative estimate of drug-likeness (QED) is 0.714. The van der Waals surface area contributed by atoms with Crippen LogP contribution in [0.2, 0.25) is 0 Å². The summed E-state index contributed by atoms with van der Waals surface area (Å²) in [6.07, 6.45) is 2.51. The second-order valence-corrected chi connectivity index (χ2v) is 5.31. The number of carbonyl (C=O) groups is 1. The zero-order chi connectivity index (χ0) is 12.9. The third-order valence-corrected chi connectivity index (χ3v) is 2.77. The number of carbonyl (C=O) groups excluding carboxylic acids is 1. The number of likely N-dealkylation sites (N-methyl/N-ethyl adjacent to an activating group) is 1. The molecule has 5 nitrogen and oxygen atoms in total. The molecule has 0 bridgehead atoms. The highest BCUT2D eigenvalue weighted by Gasteiger charge is 2.26. The fourth-order valence-electron chi connectivity index (χ4n) is 2.08. The van der Waals surface area contributed by atoms with Crippen molar-refractivity contribution in [2.24, 2.45) is 0 Å². The number of nitrogens with one attached hydrogen (secondary N) is 1. The van der Waals surface area contributed by atoms with Crippen molar-refractivity contribution in [3.63, 3.8) is 0 Å². The summed E-state index contributed by atoms with van der Waals surface area (Å²) >= 11 is 0. The Bertz CT molecular complexity index is 248. The van der Waals surface area contributed by atoms with Crippen LogP contribution in [0, 0.1) is 0 Å². The molecule has 0 aliphatic carbocycles. The molecule has 2 N–H and O–H groups in total. The lowest BCUT2D eigenvalue weighted by Crippen LogP contribution is -2.49. The van der Waals surface area contributed by atoms with E-state index in [4.69, 9.17) is 4.74 Å². The second-order valence-electron chi connectivity index (χ2n) is 5.31. The first kappa shape index (κ1) is 14.4. The Morgan fingerprint density at radius 2 is 2.24 bits per heavy atom. The number of amides is 1. The molecule has 5 heteroatoms. The Labute approximate surface area is 103 Å². The Hall–Kier alpha value is -0.650. The average Bonchev–Trinajstić information content (AvgIpc) is 2.25. The molecular weight excluding hydrogens is 220 g/mol. The highest BCUT2D eigenvalue weighted by atomic mass is 16.5. The standard InChI is InChI=1S/C12H24N2O3/c1-12(16,9-14(2)3)8-13-11(15)10-6-4-5-7-17-10/h10,16H,4-9H2,1-3H3,(H,13,15). The van der Waals surface area contributed by atoms with Crippen LogP contribution in [-0.2, 0) is 9.53 Å². The molecule has 100 valence electrons. The number of hydrogen-bond donors (Lipinski definition) is 2. The number of nitrogens with zero attached hydrogens (tertiary/aromatic N) is 1. The van der Waals surface area contributed by atoms with Gasteiger partial charge in [0, 0.05) is 19.7 Å². The molecule has 17 heavy (non-hydrogen) atoms. The van der Waals surface area contributed by atoms with E-state index in [-0.39, 0.29) is 18.6 Å². The number of rotatable bonds is 5. The van der Waals surface area contributed by atoms with Crippen LogP contribution in [0.5, 0.6) is 0 Å². The summed E-state index contributed by atoms with van der Waals surface area (Å²) in [6.45, 7) is 3.14. The number of ether oxygens (including phenoxy) is 1. The van der Waals surface area contributed by atoms with Crippen molar-refractivity contribution in [2.75, 3.05) is 33.8 Å². The molecule has 1 amide bonds. The van der Waals surface area contributed by atoms with E-state index in [1.807, 2.05) is 19.0 Å². The Morgan fingerprint density at radius 3 is 2.76 bits per heavy atom. The first-order valence-corrected chi connectivity index (χ1v) is 6.17. The van der Waals surface area contributed by atoms with Gasteiger partial charge in [-0.1, -0.05) is 0 Å². The smallest absolute Gasteiger partial charge is 0.249 e. The van der Waals surface area contributed by atoms with Crippen LogP contribution in [-0.4, -0.2) is 61.4 Å². The molecule has 1 heterocycles. The summed E-state index contributed by atoms with van der Waals surface area (Å²) in [5, 5.41) is 12.8. The zero-order valence-electron chi connectivity index (χ0n) is 11.0. The van der Waals surface area contributed by atoms with Gasteiger partial charge < -0.3 is 20.1 Å². The molecule has 1 saturated heterocycles. The van der Waals surface area contributed by atoms with Crippen molar-refractivity contribution in [1.82, 2.24) is 10.2 Å². The van der Waals surface area contributed by atoms with Gasteiger partial charge in [-0.05, 0) is 40.3 Å². The van der Waals surface area contributed by atoms with Gasteiger partial charge in [0.1, 0.15) is 6.10 Å². The van der Waals surface area contributed by atoms with E-state index in [0.717, 1.165) is 19.3 Å². The van der Waals surface area contributed by atoms with Crippen molar-refractivity contribution in [3.8, 4) is 0 Å². The van der Waals surface area contributed by atoms with E-state index in [2.05, 4.69) is 5.32 Å². The summed E-state index contributed by atoms with van der Waals surface area (Å²) in [7, 11) is 3.78. The van der Waals surface area contributed by atoms with Crippen LogP contribution < -0.4 is 5.32 Å². The Balaban J connectivity index is 2.31. The van der Waals surface area contributed by atoms with Gasteiger partial charge in [-0.25, -0.2) is 0 Å². The van der Waals surface area contributed by atoms with Crippen molar-refractivity contribution in [3.05, 3.63) is 0 Å². The predicted octanol–water partition coefficient (Wildman–Crippen LogP) is -0.0157. The van der Waals surface area contributed by atoms with Gasteiger partial charge in [0.15, 0.2) is 0 Å². The summed E-state index contributed by atoms with van der Waals surface area (Å²) in [6, 6.07) is 0. The molecule has 0 spiro atoms.